The van der Waals surface area contributed by atoms with Crippen LogP contribution in [0.4, 0.5) is 4.79 Å². The largest absolute Gasteiger partial charge is 0.352 e. The first kappa shape index (κ1) is 11.9. The van der Waals surface area contributed by atoms with Crippen molar-refractivity contribution in [2.24, 2.45) is 5.73 Å². The molecule has 4 heteroatoms. The van der Waals surface area contributed by atoms with Gasteiger partial charge in [0.2, 0.25) is 0 Å². The first-order valence-corrected chi connectivity index (χ1v) is 6.08. The van der Waals surface area contributed by atoms with E-state index < -0.39 is 6.03 Å². The van der Waals surface area contributed by atoms with E-state index in [1.165, 1.54) is 11.1 Å². The highest BCUT2D eigenvalue weighted by atomic mass is 16.2. The molecule has 0 atom stereocenters. The predicted octanol–water partition coefficient (Wildman–Crippen LogP) is 1.10. The van der Waals surface area contributed by atoms with E-state index in [0.717, 1.165) is 32.5 Å². The molecule has 1 aliphatic rings. The number of rotatable bonds is 4. The summed E-state index contributed by atoms with van der Waals surface area (Å²) >= 11 is 0. The standard InChI is InChI=1S/C13H19N3O/c14-13(17)15-7-3-8-16-9-6-11-4-1-2-5-12(11)10-16/h1-2,4-5H,3,6-10H2,(H3,14,15,17). The van der Waals surface area contributed by atoms with E-state index in [0.29, 0.717) is 6.54 Å². The monoisotopic (exact) mass is 233 g/mol. The number of nitrogens with zero attached hydrogens (tertiary/aromatic N) is 1. The molecule has 0 saturated carbocycles. The summed E-state index contributed by atoms with van der Waals surface area (Å²) in [6.07, 6.45) is 2.07. The minimum Gasteiger partial charge on any atom is -0.352 e. The maximum Gasteiger partial charge on any atom is 0.312 e. The highest BCUT2D eigenvalue weighted by molar-refractivity contribution is 5.71. The molecule has 0 bridgehead atoms. The van der Waals surface area contributed by atoms with Gasteiger partial charge in [0.15, 0.2) is 0 Å². The Morgan fingerprint density at radius 2 is 2.12 bits per heavy atom. The van der Waals surface area contributed by atoms with E-state index in [4.69, 9.17) is 5.73 Å². The summed E-state index contributed by atoms with van der Waals surface area (Å²) in [6, 6.07) is 8.17. The second kappa shape index (κ2) is 5.68. The first-order valence-electron chi connectivity index (χ1n) is 6.08. The minimum absolute atomic E-state index is 0.436. The lowest BCUT2D eigenvalue weighted by Gasteiger charge is -2.28. The predicted molar refractivity (Wildman–Crippen MR) is 67.6 cm³/mol. The molecule has 0 aromatic heterocycles. The number of nitrogens with one attached hydrogen (secondary N) is 1. The number of fused-ring (bicyclic) bond motifs is 1. The zero-order chi connectivity index (χ0) is 12.1. The SMILES string of the molecule is NC(=O)NCCCN1CCc2ccccc2C1. The molecule has 1 aliphatic heterocycles. The molecule has 2 rings (SSSR count). The molecular formula is C13H19N3O. The maximum absolute atomic E-state index is 10.5. The van der Waals surface area contributed by atoms with Gasteiger partial charge >= 0.3 is 6.03 Å². The number of primary amides is 1. The topological polar surface area (TPSA) is 58.4 Å². The summed E-state index contributed by atoms with van der Waals surface area (Å²) < 4.78 is 0. The van der Waals surface area contributed by atoms with Crippen molar-refractivity contribution < 1.29 is 4.79 Å². The van der Waals surface area contributed by atoms with Gasteiger partial charge in [-0.15, -0.1) is 0 Å². The molecule has 0 unspecified atom stereocenters. The van der Waals surface area contributed by atoms with Crippen LogP contribution in [0.3, 0.4) is 0 Å². The maximum atomic E-state index is 10.5. The van der Waals surface area contributed by atoms with Crippen LogP contribution in [-0.2, 0) is 13.0 Å². The number of hydrogen-bond acceptors (Lipinski definition) is 2. The van der Waals surface area contributed by atoms with E-state index in [1.54, 1.807) is 0 Å². The molecule has 1 aromatic carbocycles. The second-order valence-electron chi connectivity index (χ2n) is 4.44. The summed E-state index contributed by atoms with van der Waals surface area (Å²) in [5.74, 6) is 0. The third kappa shape index (κ3) is 3.46. The van der Waals surface area contributed by atoms with Crippen LogP contribution in [0.2, 0.25) is 0 Å². The average Bonchev–Trinajstić information content (AvgIpc) is 2.34. The fraction of sp³-hybridized carbons (Fsp3) is 0.462. The Morgan fingerprint density at radius 3 is 2.88 bits per heavy atom. The van der Waals surface area contributed by atoms with Crippen LogP contribution >= 0.6 is 0 Å². The first-order chi connectivity index (χ1) is 8.25. The van der Waals surface area contributed by atoms with E-state index in [-0.39, 0.29) is 0 Å². The van der Waals surface area contributed by atoms with Gasteiger partial charge < -0.3 is 11.1 Å². The third-order valence-electron chi connectivity index (χ3n) is 3.16. The number of benzene rings is 1. The van der Waals surface area contributed by atoms with Crippen LogP contribution in [0, 0.1) is 0 Å². The van der Waals surface area contributed by atoms with Crippen molar-refractivity contribution in [3.05, 3.63) is 35.4 Å². The normalized spacial score (nSPS) is 15.3. The van der Waals surface area contributed by atoms with Crippen molar-refractivity contribution in [1.29, 1.82) is 0 Å². The lowest BCUT2D eigenvalue weighted by Crippen LogP contribution is -2.35. The van der Waals surface area contributed by atoms with Crippen molar-refractivity contribution in [3.8, 4) is 0 Å². The molecule has 3 N–H and O–H groups in total. The van der Waals surface area contributed by atoms with Crippen LogP contribution < -0.4 is 11.1 Å². The molecule has 0 radical (unpaired) electrons. The van der Waals surface area contributed by atoms with Crippen LogP contribution in [0.1, 0.15) is 17.5 Å². The quantitative estimate of drug-likeness (QED) is 0.765. The molecule has 17 heavy (non-hydrogen) atoms. The van der Waals surface area contributed by atoms with Gasteiger partial charge in [-0.05, 0) is 24.0 Å². The molecule has 2 amide bonds. The summed E-state index contributed by atoms with van der Waals surface area (Å²) in [4.78, 5) is 12.9. The van der Waals surface area contributed by atoms with E-state index in [9.17, 15) is 4.79 Å². The summed E-state index contributed by atoms with van der Waals surface area (Å²) in [7, 11) is 0. The van der Waals surface area contributed by atoms with Crippen molar-refractivity contribution in [2.75, 3.05) is 19.6 Å². The lowest BCUT2D eigenvalue weighted by molar-refractivity contribution is 0.240. The van der Waals surface area contributed by atoms with E-state index in [1.807, 2.05) is 0 Å². The van der Waals surface area contributed by atoms with Crippen molar-refractivity contribution in [1.82, 2.24) is 10.2 Å². The average molecular weight is 233 g/mol. The Bertz CT molecular complexity index is 392. The minimum atomic E-state index is -0.436. The number of amides is 2. The zero-order valence-corrected chi connectivity index (χ0v) is 9.98. The van der Waals surface area contributed by atoms with Gasteiger partial charge in [-0.1, -0.05) is 24.3 Å². The highest BCUT2D eigenvalue weighted by Gasteiger charge is 2.14. The third-order valence-corrected chi connectivity index (χ3v) is 3.16. The fourth-order valence-corrected chi connectivity index (χ4v) is 2.26. The van der Waals surface area contributed by atoms with Gasteiger partial charge in [-0.25, -0.2) is 4.79 Å². The number of nitrogens with two attached hydrogens (primary N) is 1. The number of urea groups is 1. The van der Waals surface area contributed by atoms with Gasteiger partial charge in [0.1, 0.15) is 0 Å². The van der Waals surface area contributed by atoms with Gasteiger partial charge in [-0.2, -0.15) is 0 Å². The van der Waals surface area contributed by atoms with E-state index >= 15 is 0 Å². The molecule has 0 spiro atoms. The van der Waals surface area contributed by atoms with Crippen LogP contribution in [0.5, 0.6) is 0 Å². The Hall–Kier alpha value is -1.55. The highest BCUT2D eigenvalue weighted by Crippen LogP contribution is 2.18. The Labute approximate surface area is 102 Å². The van der Waals surface area contributed by atoms with E-state index in [2.05, 4.69) is 34.5 Å². The van der Waals surface area contributed by atoms with Gasteiger partial charge in [0, 0.05) is 26.2 Å². The molecule has 92 valence electrons. The molecule has 1 heterocycles. The molecule has 0 saturated heterocycles. The Morgan fingerprint density at radius 1 is 1.35 bits per heavy atom. The van der Waals surface area contributed by atoms with Crippen molar-refractivity contribution in [2.45, 2.75) is 19.4 Å². The molecule has 1 aromatic rings. The summed E-state index contributed by atoms with van der Waals surface area (Å²) in [5.41, 5.74) is 7.91. The molecule has 0 fully saturated rings. The molecule has 0 aliphatic carbocycles. The van der Waals surface area contributed by atoms with Gasteiger partial charge in [0.05, 0.1) is 0 Å². The van der Waals surface area contributed by atoms with Crippen LogP contribution in [0.15, 0.2) is 24.3 Å². The zero-order valence-electron chi connectivity index (χ0n) is 9.98. The Balaban J connectivity index is 1.76. The van der Waals surface area contributed by atoms with Gasteiger partial charge in [-0.3, -0.25) is 4.90 Å². The number of hydrogen-bond donors (Lipinski definition) is 2. The smallest absolute Gasteiger partial charge is 0.312 e. The Kier molecular flexibility index (Phi) is 3.98. The van der Waals surface area contributed by atoms with Crippen LogP contribution in [-0.4, -0.2) is 30.6 Å². The molecular weight excluding hydrogens is 214 g/mol. The second-order valence-corrected chi connectivity index (χ2v) is 4.44. The number of carbonyl (C=O) groups is 1. The van der Waals surface area contributed by atoms with Gasteiger partial charge in [0.25, 0.3) is 0 Å². The number of carbonyl (C=O) groups excluding carboxylic acids is 1. The lowest BCUT2D eigenvalue weighted by atomic mass is 10.00. The molecule has 4 nitrogen and oxygen atoms in total. The van der Waals surface area contributed by atoms with Crippen LogP contribution in [0.25, 0.3) is 0 Å². The van der Waals surface area contributed by atoms with Crippen molar-refractivity contribution >= 4 is 6.03 Å². The fourth-order valence-electron chi connectivity index (χ4n) is 2.26. The summed E-state index contributed by atoms with van der Waals surface area (Å²) in [6.45, 7) is 3.79. The summed E-state index contributed by atoms with van der Waals surface area (Å²) in [5, 5.41) is 2.62. The van der Waals surface area contributed by atoms with Crippen molar-refractivity contribution in [3.63, 3.8) is 0 Å².